The highest BCUT2D eigenvalue weighted by molar-refractivity contribution is 5.25. The minimum atomic E-state index is -0.923. The van der Waals surface area contributed by atoms with Gasteiger partial charge < -0.3 is 10.2 Å². The van der Waals surface area contributed by atoms with Crippen LogP contribution in [0.4, 0.5) is 0 Å². The molecule has 0 unspecified atom stereocenters. The van der Waals surface area contributed by atoms with Crippen LogP contribution in [0.3, 0.4) is 0 Å². The van der Waals surface area contributed by atoms with Crippen molar-refractivity contribution < 1.29 is 10.2 Å². The highest BCUT2D eigenvalue weighted by atomic mass is 16.3. The normalized spacial score (nSPS) is 16.6. The van der Waals surface area contributed by atoms with E-state index >= 15 is 0 Å². The fourth-order valence-corrected chi connectivity index (χ4v) is 2.78. The highest BCUT2D eigenvalue weighted by Crippen LogP contribution is 2.18. The van der Waals surface area contributed by atoms with Crippen molar-refractivity contribution in [3.05, 3.63) is 41.7 Å². The summed E-state index contributed by atoms with van der Waals surface area (Å²) in [5.74, 6) is 1.32. The van der Waals surface area contributed by atoms with Gasteiger partial charge in [0.2, 0.25) is 0 Å². The van der Waals surface area contributed by atoms with E-state index in [9.17, 15) is 5.11 Å². The first-order valence-electron chi connectivity index (χ1n) is 7.47. The second-order valence-electron chi connectivity index (χ2n) is 5.59. The van der Waals surface area contributed by atoms with Crippen molar-refractivity contribution in [2.24, 2.45) is 0 Å². The first kappa shape index (κ1) is 14.2. The molecule has 0 aliphatic carbocycles. The van der Waals surface area contributed by atoms with Crippen LogP contribution in [0.25, 0.3) is 5.78 Å². The first-order valence-corrected chi connectivity index (χ1v) is 7.47. The summed E-state index contributed by atoms with van der Waals surface area (Å²) in [7, 11) is 0. The second-order valence-corrected chi connectivity index (χ2v) is 5.59. The molecule has 0 saturated carbocycles. The summed E-state index contributed by atoms with van der Waals surface area (Å²) in [5.41, 5.74) is 1.53. The Kier molecular flexibility index (Phi) is 3.52. The number of aliphatic hydroxyl groups is 2. The van der Waals surface area contributed by atoms with Crippen molar-refractivity contribution >= 4 is 5.78 Å². The zero-order valence-electron chi connectivity index (χ0n) is 12.4. The fourth-order valence-electron chi connectivity index (χ4n) is 2.78. The van der Waals surface area contributed by atoms with Gasteiger partial charge in [0, 0.05) is 25.5 Å². The average molecular weight is 315 g/mol. The Balaban J connectivity index is 1.50. The van der Waals surface area contributed by atoms with Crippen molar-refractivity contribution in [3.63, 3.8) is 0 Å². The zero-order chi connectivity index (χ0) is 15.8. The third kappa shape index (κ3) is 2.69. The third-order valence-electron chi connectivity index (χ3n) is 3.94. The van der Waals surface area contributed by atoms with Crippen molar-refractivity contribution in [1.29, 1.82) is 0 Å². The number of aromatic nitrogens is 6. The Morgan fingerprint density at radius 1 is 1.26 bits per heavy atom. The van der Waals surface area contributed by atoms with Gasteiger partial charge in [-0.2, -0.15) is 10.1 Å². The summed E-state index contributed by atoms with van der Waals surface area (Å²) in [6.07, 6.45) is 2.60. The highest BCUT2D eigenvalue weighted by Gasteiger charge is 2.22. The molecule has 3 aromatic rings. The van der Waals surface area contributed by atoms with E-state index in [4.69, 9.17) is 5.11 Å². The summed E-state index contributed by atoms with van der Waals surface area (Å²) >= 11 is 0. The molecule has 2 N–H and O–H groups in total. The van der Waals surface area contributed by atoms with E-state index in [1.165, 1.54) is 0 Å². The molecule has 3 aromatic heterocycles. The van der Waals surface area contributed by atoms with Crippen LogP contribution in [0.2, 0.25) is 0 Å². The Morgan fingerprint density at radius 3 is 3.00 bits per heavy atom. The van der Waals surface area contributed by atoms with Gasteiger partial charge in [-0.15, -0.1) is 5.10 Å². The van der Waals surface area contributed by atoms with E-state index in [0.29, 0.717) is 24.6 Å². The SMILES string of the molecule is OC[C@@H](O)c1cc2n(n1)CCN(Cc1nc3ncccn3n1)C2. The molecule has 4 rings (SSSR count). The molecule has 0 fully saturated rings. The molecular weight excluding hydrogens is 298 g/mol. The van der Waals surface area contributed by atoms with Gasteiger partial charge in [0.05, 0.1) is 31.1 Å². The molecule has 0 spiro atoms. The van der Waals surface area contributed by atoms with Crippen molar-refractivity contribution in [3.8, 4) is 0 Å². The van der Waals surface area contributed by atoms with Gasteiger partial charge in [-0.25, -0.2) is 9.50 Å². The summed E-state index contributed by atoms with van der Waals surface area (Å²) in [6.45, 7) is 2.57. The number of fused-ring (bicyclic) bond motifs is 2. The van der Waals surface area contributed by atoms with Crippen LogP contribution in [0.5, 0.6) is 0 Å². The fraction of sp³-hybridized carbons (Fsp3) is 0.429. The topological polar surface area (TPSA) is 105 Å². The first-order chi connectivity index (χ1) is 11.2. The summed E-state index contributed by atoms with van der Waals surface area (Å²) in [6, 6.07) is 3.66. The largest absolute Gasteiger partial charge is 0.393 e. The number of hydrogen-bond donors (Lipinski definition) is 2. The van der Waals surface area contributed by atoms with Gasteiger partial charge in [-0.1, -0.05) is 0 Å². The van der Waals surface area contributed by atoms with Crippen LogP contribution in [-0.2, 0) is 19.6 Å². The number of aliphatic hydroxyl groups excluding tert-OH is 2. The van der Waals surface area contributed by atoms with Crippen LogP contribution < -0.4 is 0 Å². The standard InChI is InChI=1S/C14H17N7O2/c22-9-12(23)11-6-10-7-19(4-5-20(10)17-11)8-13-16-14-15-2-1-3-21(14)18-13/h1-3,6,12,22-23H,4-5,7-9H2/t12-/m1/s1. The lowest BCUT2D eigenvalue weighted by Crippen LogP contribution is -2.33. The zero-order valence-corrected chi connectivity index (χ0v) is 12.4. The molecule has 9 heteroatoms. The minimum absolute atomic E-state index is 0.321. The van der Waals surface area contributed by atoms with E-state index < -0.39 is 6.10 Å². The monoisotopic (exact) mass is 315 g/mol. The van der Waals surface area contributed by atoms with Crippen molar-refractivity contribution in [2.75, 3.05) is 13.2 Å². The predicted molar refractivity (Wildman–Crippen MR) is 79.2 cm³/mol. The Hall–Kier alpha value is -2.36. The second kappa shape index (κ2) is 5.69. The van der Waals surface area contributed by atoms with Gasteiger partial charge >= 0.3 is 0 Å². The smallest absolute Gasteiger partial charge is 0.252 e. The summed E-state index contributed by atoms with van der Waals surface area (Å²) < 4.78 is 3.54. The van der Waals surface area contributed by atoms with Crippen molar-refractivity contribution in [2.45, 2.75) is 25.7 Å². The molecule has 23 heavy (non-hydrogen) atoms. The lowest BCUT2D eigenvalue weighted by atomic mass is 10.2. The van der Waals surface area contributed by atoms with Gasteiger partial charge in [-0.3, -0.25) is 9.58 Å². The predicted octanol–water partition coefficient (Wildman–Crippen LogP) is -0.638. The van der Waals surface area contributed by atoms with Gasteiger partial charge in [0.25, 0.3) is 5.78 Å². The summed E-state index contributed by atoms with van der Waals surface area (Å²) in [5, 5.41) is 27.5. The Morgan fingerprint density at radius 2 is 2.17 bits per heavy atom. The molecule has 0 radical (unpaired) electrons. The van der Waals surface area contributed by atoms with E-state index in [1.54, 1.807) is 10.7 Å². The molecule has 4 heterocycles. The Bertz CT molecular complexity index is 795. The van der Waals surface area contributed by atoms with Crippen LogP contribution in [0.1, 0.15) is 23.3 Å². The Labute approximate surface area is 131 Å². The summed E-state index contributed by atoms with van der Waals surface area (Å²) in [4.78, 5) is 10.8. The van der Waals surface area contributed by atoms with E-state index in [-0.39, 0.29) is 6.61 Å². The number of nitrogens with zero attached hydrogens (tertiary/aromatic N) is 7. The van der Waals surface area contributed by atoms with Crippen molar-refractivity contribution in [1.82, 2.24) is 34.3 Å². The molecule has 0 aromatic carbocycles. The molecule has 0 bridgehead atoms. The van der Waals surface area contributed by atoms with Crippen LogP contribution in [0, 0.1) is 0 Å². The molecule has 1 aliphatic rings. The quantitative estimate of drug-likeness (QED) is 0.660. The molecule has 1 aliphatic heterocycles. The lowest BCUT2D eigenvalue weighted by molar-refractivity contribution is 0.0915. The minimum Gasteiger partial charge on any atom is -0.393 e. The van der Waals surface area contributed by atoms with Gasteiger partial charge in [-0.05, 0) is 12.1 Å². The van der Waals surface area contributed by atoms with Gasteiger partial charge in [0.15, 0.2) is 5.82 Å². The number of rotatable bonds is 4. The lowest BCUT2D eigenvalue weighted by Gasteiger charge is -2.26. The van der Waals surface area contributed by atoms with Gasteiger partial charge in [0.1, 0.15) is 6.10 Å². The van der Waals surface area contributed by atoms with E-state index in [1.807, 2.05) is 23.0 Å². The third-order valence-corrected chi connectivity index (χ3v) is 3.94. The van der Waals surface area contributed by atoms with Crippen LogP contribution in [0.15, 0.2) is 24.5 Å². The number of hydrogen-bond acceptors (Lipinski definition) is 7. The molecule has 0 amide bonds. The maximum atomic E-state index is 9.69. The van der Waals surface area contributed by atoms with E-state index in [2.05, 4.69) is 25.1 Å². The molecule has 1 atom stereocenters. The van der Waals surface area contributed by atoms with Crippen LogP contribution >= 0.6 is 0 Å². The molecule has 0 saturated heterocycles. The van der Waals surface area contributed by atoms with Crippen LogP contribution in [-0.4, -0.2) is 57.6 Å². The average Bonchev–Trinajstić information content (AvgIpc) is 3.16. The maximum absolute atomic E-state index is 9.69. The molecule has 9 nitrogen and oxygen atoms in total. The van der Waals surface area contributed by atoms with E-state index in [0.717, 1.165) is 24.6 Å². The molecular formula is C14H17N7O2. The maximum Gasteiger partial charge on any atom is 0.252 e. The molecule has 120 valence electrons.